The van der Waals surface area contributed by atoms with Crippen molar-refractivity contribution >= 4 is 11.7 Å². The first kappa shape index (κ1) is 13.9. The van der Waals surface area contributed by atoms with Crippen molar-refractivity contribution in [1.29, 1.82) is 0 Å². The normalized spacial score (nSPS) is 22.4. The summed E-state index contributed by atoms with van der Waals surface area (Å²) in [6.45, 7) is 2.22. The molecule has 2 fully saturated rings. The van der Waals surface area contributed by atoms with Crippen molar-refractivity contribution in [1.82, 2.24) is 0 Å². The van der Waals surface area contributed by atoms with Crippen LogP contribution in [0.3, 0.4) is 0 Å². The molecule has 19 heavy (non-hydrogen) atoms. The molecule has 2 N–H and O–H groups in total. The van der Waals surface area contributed by atoms with Gasteiger partial charge in [0.2, 0.25) is 0 Å². The van der Waals surface area contributed by atoms with Gasteiger partial charge in [0.25, 0.3) is 0 Å². The predicted octanol–water partition coefficient (Wildman–Crippen LogP) is 3.18. The Morgan fingerprint density at radius 1 is 1.26 bits per heavy atom. The Balaban J connectivity index is 0.000000215. The molecule has 0 amide bonds. The first-order valence-electron chi connectivity index (χ1n) is 7.19. The van der Waals surface area contributed by atoms with Crippen LogP contribution in [-0.2, 0) is 16.0 Å². The molecule has 3 rings (SSSR count). The Labute approximate surface area is 115 Å². The Hall–Kier alpha value is -1.51. The molecule has 0 bridgehead atoms. The zero-order valence-electron chi connectivity index (χ0n) is 11.6. The van der Waals surface area contributed by atoms with Gasteiger partial charge in [-0.25, -0.2) is 0 Å². The lowest BCUT2D eigenvalue weighted by Crippen LogP contribution is -2.05. The van der Waals surface area contributed by atoms with E-state index in [9.17, 15) is 4.79 Å². The fourth-order valence-corrected chi connectivity index (χ4v) is 2.25. The van der Waals surface area contributed by atoms with Crippen LogP contribution in [0.15, 0.2) is 24.3 Å². The van der Waals surface area contributed by atoms with Crippen LogP contribution in [0.2, 0.25) is 0 Å². The molecule has 3 nitrogen and oxygen atoms in total. The third-order valence-corrected chi connectivity index (χ3v) is 3.90. The highest BCUT2D eigenvalue weighted by atomic mass is 16.5. The lowest BCUT2D eigenvalue weighted by atomic mass is 10.0. The topological polar surface area (TPSA) is 52.3 Å². The summed E-state index contributed by atoms with van der Waals surface area (Å²) in [7, 11) is 0. The number of rotatable bonds is 4. The molecule has 0 spiro atoms. The molecule has 1 aromatic rings. The molecule has 0 radical (unpaired) electrons. The SMILES string of the molecule is C1CC2CC12.CCC(=O)OCCc1ccc(N)cc1. The maximum Gasteiger partial charge on any atom is 0.305 e. The molecule has 0 heterocycles. The van der Waals surface area contributed by atoms with Crippen molar-refractivity contribution in [2.24, 2.45) is 11.8 Å². The number of carbonyl (C=O) groups is 1. The van der Waals surface area contributed by atoms with Crippen LogP contribution in [0.1, 0.15) is 38.2 Å². The molecule has 2 saturated carbocycles. The average molecular weight is 261 g/mol. The van der Waals surface area contributed by atoms with E-state index in [1.54, 1.807) is 26.2 Å². The Morgan fingerprint density at radius 2 is 1.89 bits per heavy atom. The van der Waals surface area contributed by atoms with Gasteiger partial charge in [-0.3, -0.25) is 4.79 Å². The number of nitrogen functional groups attached to an aromatic ring is 1. The van der Waals surface area contributed by atoms with Gasteiger partial charge in [-0.2, -0.15) is 0 Å². The van der Waals surface area contributed by atoms with Crippen molar-refractivity contribution in [3.8, 4) is 0 Å². The maximum absolute atomic E-state index is 10.8. The van der Waals surface area contributed by atoms with Crippen molar-refractivity contribution in [2.75, 3.05) is 12.3 Å². The third kappa shape index (κ3) is 4.58. The van der Waals surface area contributed by atoms with E-state index < -0.39 is 0 Å². The molecule has 3 heteroatoms. The monoisotopic (exact) mass is 261 g/mol. The first-order valence-corrected chi connectivity index (χ1v) is 7.19. The van der Waals surface area contributed by atoms with Gasteiger partial charge in [-0.15, -0.1) is 0 Å². The molecule has 2 unspecified atom stereocenters. The fourth-order valence-electron chi connectivity index (χ4n) is 2.25. The van der Waals surface area contributed by atoms with E-state index in [-0.39, 0.29) is 5.97 Å². The van der Waals surface area contributed by atoms with E-state index in [2.05, 4.69) is 0 Å². The summed E-state index contributed by atoms with van der Waals surface area (Å²) >= 11 is 0. The van der Waals surface area contributed by atoms with Crippen LogP contribution in [0.4, 0.5) is 5.69 Å². The molecule has 2 aliphatic carbocycles. The summed E-state index contributed by atoms with van der Waals surface area (Å²) in [5, 5.41) is 0. The highest BCUT2D eigenvalue weighted by Crippen LogP contribution is 2.55. The van der Waals surface area contributed by atoms with Crippen molar-refractivity contribution in [2.45, 2.75) is 39.0 Å². The van der Waals surface area contributed by atoms with Gasteiger partial charge >= 0.3 is 5.97 Å². The smallest absolute Gasteiger partial charge is 0.305 e. The maximum atomic E-state index is 10.8. The minimum absolute atomic E-state index is 0.152. The molecule has 0 aromatic heterocycles. The standard InChI is InChI=1S/C11H15NO2.C5H8/c1-2-11(13)14-8-7-9-3-5-10(12)6-4-9;1-2-5-3-4(1)5/h3-6H,2,7-8,12H2,1H3;4-5H,1-3H2. The van der Waals surface area contributed by atoms with Gasteiger partial charge in [0.15, 0.2) is 0 Å². The number of fused-ring (bicyclic) bond motifs is 1. The number of hydrogen-bond donors (Lipinski definition) is 1. The third-order valence-electron chi connectivity index (χ3n) is 3.90. The van der Waals surface area contributed by atoms with E-state index in [1.807, 2.05) is 24.3 Å². The zero-order valence-corrected chi connectivity index (χ0v) is 11.6. The molecule has 0 saturated heterocycles. The summed E-state index contributed by atoms with van der Waals surface area (Å²) in [6.07, 6.45) is 5.88. The Kier molecular flexibility index (Phi) is 4.83. The van der Waals surface area contributed by atoms with Crippen molar-refractivity contribution in [3.63, 3.8) is 0 Å². The summed E-state index contributed by atoms with van der Waals surface area (Å²) in [5.74, 6) is 2.31. The van der Waals surface area contributed by atoms with Gasteiger partial charge < -0.3 is 10.5 Å². The highest BCUT2D eigenvalue weighted by molar-refractivity contribution is 5.68. The van der Waals surface area contributed by atoms with Gasteiger partial charge in [0, 0.05) is 18.5 Å². The second-order valence-electron chi connectivity index (χ2n) is 5.40. The minimum Gasteiger partial charge on any atom is -0.465 e. The summed E-state index contributed by atoms with van der Waals surface area (Å²) in [4.78, 5) is 10.8. The average Bonchev–Trinajstić information content (AvgIpc) is 2.99. The summed E-state index contributed by atoms with van der Waals surface area (Å²) in [6, 6.07) is 7.57. The quantitative estimate of drug-likeness (QED) is 0.669. The molecule has 2 aliphatic rings. The van der Waals surface area contributed by atoms with Gasteiger partial charge in [-0.1, -0.05) is 19.1 Å². The lowest BCUT2D eigenvalue weighted by molar-refractivity contribution is -0.143. The number of nitrogens with two attached hydrogens (primary N) is 1. The molecule has 0 aliphatic heterocycles. The number of carbonyl (C=O) groups excluding carboxylic acids is 1. The molecule has 104 valence electrons. The van der Waals surface area contributed by atoms with E-state index in [1.165, 1.54) is 11.8 Å². The van der Waals surface area contributed by atoms with E-state index in [4.69, 9.17) is 10.5 Å². The highest BCUT2D eigenvalue weighted by Gasteiger charge is 2.44. The number of benzene rings is 1. The van der Waals surface area contributed by atoms with Crippen LogP contribution in [0.5, 0.6) is 0 Å². The summed E-state index contributed by atoms with van der Waals surface area (Å²) in [5.41, 5.74) is 7.42. The lowest BCUT2D eigenvalue weighted by Gasteiger charge is -2.04. The predicted molar refractivity (Wildman–Crippen MR) is 76.6 cm³/mol. The fraction of sp³-hybridized carbons (Fsp3) is 0.562. The van der Waals surface area contributed by atoms with Crippen molar-refractivity contribution in [3.05, 3.63) is 29.8 Å². The summed E-state index contributed by atoms with van der Waals surface area (Å²) < 4.78 is 4.96. The van der Waals surface area contributed by atoms with Gasteiger partial charge in [0.1, 0.15) is 0 Å². The molecule has 1 aromatic carbocycles. The number of hydrogen-bond acceptors (Lipinski definition) is 3. The number of ether oxygens (including phenoxy) is 1. The van der Waals surface area contributed by atoms with Crippen LogP contribution in [0.25, 0.3) is 0 Å². The van der Waals surface area contributed by atoms with Crippen LogP contribution in [-0.4, -0.2) is 12.6 Å². The molecular formula is C16H23NO2. The Bertz CT molecular complexity index is 401. The largest absolute Gasteiger partial charge is 0.465 e. The number of esters is 1. The van der Waals surface area contributed by atoms with Crippen LogP contribution < -0.4 is 5.73 Å². The van der Waals surface area contributed by atoms with E-state index in [0.717, 1.165) is 17.7 Å². The van der Waals surface area contributed by atoms with E-state index >= 15 is 0 Å². The second-order valence-corrected chi connectivity index (χ2v) is 5.40. The second kappa shape index (κ2) is 6.60. The van der Waals surface area contributed by atoms with Crippen LogP contribution in [0, 0.1) is 11.8 Å². The zero-order chi connectivity index (χ0) is 13.7. The first-order chi connectivity index (χ1) is 9.19. The molecular weight excluding hydrogens is 238 g/mol. The Morgan fingerprint density at radius 3 is 2.32 bits per heavy atom. The minimum atomic E-state index is -0.152. The van der Waals surface area contributed by atoms with Crippen molar-refractivity contribution < 1.29 is 9.53 Å². The van der Waals surface area contributed by atoms with Gasteiger partial charge in [-0.05, 0) is 48.8 Å². The van der Waals surface area contributed by atoms with Crippen LogP contribution >= 0.6 is 0 Å². The van der Waals surface area contributed by atoms with E-state index in [0.29, 0.717) is 13.0 Å². The molecule has 2 atom stereocenters. The van der Waals surface area contributed by atoms with Gasteiger partial charge in [0.05, 0.1) is 6.61 Å². The number of anilines is 1.